The van der Waals surface area contributed by atoms with Gasteiger partial charge < -0.3 is 0 Å². The molecule has 4 nitrogen and oxygen atoms in total. The molecule has 0 aromatic carbocycles. The Kier molecular flexibility index (Phi) is 5.96. The molecule has 8 rings (SSSR count). The van der Waals surface area contributed by atoms with E-state index in [1.807, 2.05) is 45.3 Å². The minimum Gasteiger partial charge on any atom is -0.267 e. The third-order valence-corrected chi connectivity index (χ3v) is 11.0. The summed E-state index contributed by atoms with van der Waals surface area (Å²) in [5.41, 5.74) is 0. The maximum atomic E-state index is 2.82. The topological polar surface area (TPSA) is 13.0 Å². The zero-order valence-electron chi connectivity index (χ0n) is 18.9. The smallest absolute Gasteiger partial charge is 0.0684 e. The van der Waals surface area contributed by atoms with Gasteiger partial charge in [-0.15, -0.1) is 45.3 Å². The Bertz CT molecular complexity index is 969. The minimum atomic E-state index is 0.497. The Morgan fingerprint density at radius 3 is 0.941 bits per heavy atom. The monoisotopic (exact) mass is 524 g/mol. The molecule has 0 radical (unpaired) electrons. The van der Waals surface area contributed by atoms with E-state index < -0.39 is 0 Å². The van der Waals surface area contributed by atoms with E-state index >= 15 is 0 Å². The van der Waals surface area contributed by atoms with Gasteiger partial charge in [0.2, 0.25) is 0 Å². The molecule has 8 heterocycles. The Morgan fingerprint density at radius 2 is 0.735 bits per heavy atom. The fourth-order valence-electron chi connectivity index (χ4n) is 6.19. The molecule has 4 fully saturated rings. The predicted octanol–water partition coefficient (Wildman–Crippen LogP) is 6.37. The quantitative estimate of drug-likeness (QED) is 0.266. The summed E-state index contributed by atoms with van der Waals surface area (Å²) in [5, 5.41) is 8.90. The highest BCUT2D eigenvalue weighted by atomic mass is 32.1. The standard InChI is InChI=1S/C26H28N4S4/c1-5-19(31-9-1)15-27-23-13-26-29(17-21-7-3-11-33-21)24(27)14-25(28(23)16-20-6-2-10-32-20)30(26)18-22-8-4-12-34-22/h1-12,23-26H,13-18H2. The van der Waals surface area contributed by atoms with E-state index in [0.29, 0.717) is 24.7 Å². The fraction of sp³-hybridized carbons (Fsp3) is 0.385. The van der Waals surface area contributed by atoms with Crippen molar-refractivity contribution in [3.63, 3.8) is 0 Å². The van der Waals surface area contributed by atoms with Gasteiger partial charge in [-0.1, -0.05) is 24.3 Å². The summed E-state index contributed by atoms with van der Waals surface area (Å²) < 4.78 is 0. The first-order valence-corrected chi connectivity index (χ1v) is 15.5. The molecule has 0 atom stereocenters. The van der Waals surface area contributed by atoms with Crippen molar-refractivity contribution >= 4 is 45.3 Å². The van der Waals surface area contributed by atoms with Crippen LogP contribution < -0.4 is 0 Å². The Morgan fingerprint density at radius 1 is 0.471 bits per heavy atom. The molecule has 0 N–H and O–H groups in total. The molecule has 4 bridgehead atoms. The van der Waals surface area contributed by atoms with Gasteiger partial charge >= 0.3 is 0 Å². The van der Waals surface area contributed by atoms with Gasteiger partial charge in [0.25, 0.3) is 0 Å². The van der Waals surface area contributed by atoms with Crippen LogP contribution in [0.15, 0.2) is 70.1 Å². The third-order valence-electron chi connectivity index (χ3n) is 7.58. The zero-order chi connectivity index (χ0) is 22.5. The van der Waals surface area contributed by atoms with Crippen LogP contribution in [0.2, 0.25) is 0 Å². The van der Waals surface area contributed by atoms with Gasteiger partial charge in [-0.3, -0.25) is 19.6 Å². The van der Waals surface area contributed by atoms with Crippen molar-refractivity contribution in [3.05, 3.63) is 89.6 Å². The van der Waals surface area contributed by atoms with Crippen molar-refractivity contribution in [2.45, 2.75) is 63.7 Å². The lowest BCUT2D eigenvalue weighted by molar-refractivity contribution is -0.292. The van der Waals surface area contributed by atoms with Crippen molar-refractivity contribution in [1.82, 2.24) is 19.6 Å². The van der Waals surface area contributed by atoms with Gasteiger partial charge in [0.15, 0.2) is 0 Å². The molecule has 0 amide bonds. The Balaban J connectivity index is 1.25. The Hall–Kier alpha value is -1.36. The van der Waals surface area contributed by atoms with E-state index in [1.165, 1.54) is 32.4 Å². The van der Waals surface area contributed by atoms with Gasteiger partial charge in [0, 0.05) is 58.5 Å². The number of nitrogens with zero attached hydrogens (tertiary/aromatic N) is 4. The average molecular weight is 525 g/mol. The second-order valence-electron chi connectivity index (χ2n) is 9.40. The molecule has 0 saturated carbocycles. The van der Waals surface area contributed by atoms with Crippen LogP contribution in [0.4, 0.5) is 0 Å². The summed E-state index contributed by atoms with van der Waals surface area (Å²) in [7, 11) is 0. The van der Waals surface area contributed by atoms with Crippen molar-refractivity contribution < 1.29 is 0 Å². The van der Waals surface area contributed by atoms with Crippen molar-refractivity contribution in [2.24, 2.45) is 0 Å². The number of rotatable bonds is 8. The number of hydrogen-bond donors (Lipinski definition) is 0. The molecular weight excluding hydrogens is 497 g/mol. The highest BCUT2D eigenvalue weighted by Crippen LogP contribution is 2.47. The van der Waals surface area contributed by atoms with E-state index in [1.54, 1.807) is 0 Å². The third kappa shape index (κ3) is 3.94. The lowest BCUT2D eigenvalue weighted by Crippen LogP contribution is -2.81. The molecule has 4 aromatic heterocycles. The SMILES string of the molecule is c1csc(CN2C3CC4N(Cc5cccs5)C2CC(N3Cc2cccs2)N4Cc2cccs2)c1. The molecule has 4 saturated heterocycles. The van der Waals surface area contributed by atoms with Crippen molar-refractivity contribution in [1.29, 1.82) is 0 Å². The molecule has 0 unspecified atom stereocenters. The minimum absolute atomic E-state index is 0.497. The predicted molar refractivity (Wildman–Crippen MR) is 144 cm³/mol. The second-order valence-corrected chi connectivity index (χ2v) is 13.5. The van der Waals surface area contributed by atoms with E-state index in [2.05, 4.69) is 89.7 Å². The highest BCUT2D eigenvalue weighted by Gasteiger charge is 2.58. The molecule has 34 heavy (non-hydrogen) atoms. The van der Waals surface area contributed by atoms with Gasteiger partial charge in [0.1, 0.15) is 0 Å². The molecule has 0 spiro atoms. The van der Waals surface area contributed by atoms with E-state index in [9.17, 15) is 0 Å². The Labute approximate surface area is 217 Å². The average Bonchev–Trinajstić information content (AvgIpc) is 3.65. The summed E-state index contributed by atoms with van der Waals surface area (Å²) in [6.07, 6.45) is 4.35. The summed E-state index contributed by atoms with van der Waals surface area (Å²) >= 11 is 7.60. The summed E-state index contributed by atoms with van der Waals surface area (Å²) in [6, 6.07) is 18.1. The van der Waals surface area contributed by atoms with Crippen molar-refractivity contribution in [2.75, 3.05) is 0 Å². The lowest BCUT2D eigenvalue weighted by Gasteiger charge is -2.69. The number of hydrogen-bond acceptors (Lipinski definition) is 8. The lowest BCUT2D eigenvalue weighted by atomic mass is 9.90. The highest BCUT2D eigenvalue weighted by molar-refractivity contribution is 7.10. The van der Waals surface area contributed by atoms with E-state index in [-0.39, 0.29) is 0 Å². The van der Waals surface area contributed by atoms with Crippen LogP contribution in [0.25, 0.3) is 0 Å². The first kappa shape index (κ1) is 21.9. The van der Waals surface area contributed by atoms with Crippen LogP contribution in [0.3, 0.4) is 0 Å². The van der Waals surface area contributed by atoms with Crippen LogP contribution in [-0.2, 0) is 26.2 Å². The molecule has 8 heteroatoms. The maximum Gasteiger partial charge on any atom is 0.0684 e. The molecule has 4 aliphatic heterocycles. The zero-order valence-corrected chi connectivity index (χ0v) is 22.2. The summed E-state index contributed by atoms with van der Waals surface area (Å²) in [6.45, 7) is 4.22. The molecule has 176 valence electrons. The largest absolute Gasteiger partial charge is 0.267 e. The normalized spacial score (nSPS) is 27.8. The first-order chi connectivity index (χ1) is 16.8. The molecule has 4 aromatic rings. The van der Waals surface area contributed by atoms with Gasteiger partial charge in [0.05, 0.1) is 24.7 Å². The molecule has 0 aliphatic carbocycles. The number of thiophene rings is 4. The van der Waals surface area contributed by atoms with Crippen LogP contribution in [0.1, 0.15) is 32.4 Å². The second kappa shape index (κ2) is 9.26. The van der Waals surface area contributed by atoms with E-state index in [4.69, 9.17) is 0 Å². The maximum absolute atomic E-state index is 2.82. The van der Waals surface area contributed by atoms with Gasteiger partial charge in [-0.2, -0.15) is 0 Å². The van der Waals surface area contributed by atoms with Gasteiger partial charge in [-0.25, -0.2) is 0 Å². The van der Waals surface area contributed by atoms with E-state index in [0.717, 1.165) is 26.2 Å². The summed E-state index contributed by atoms with van der Waals surface area (Å²) in [5.74, 6) is 0. The van der Waals surface area contributed by atoms with Crippen molar-refractivity contribution in [3.8, 4) is 0 Å². The summed E-state index contributed by atoms with van der Waals surface area (Å²) in [4.78, 5) is 17.2. The first-order valence-electron chi connectivity index (χ1n) is 12.0. The molecule has 4 aliphatic rings. The van der Waals surface area contributed by atoms with Crippen LogP contribution in [-0.4, -0.2) is 44.3 Å². The van der Waals surface area contributed by atoms with Crippen LogP contribution in [0, 0.1) is 0 Å². The van der Waals surface area contributed by atoms with Crippen LogP contribution in [0.5, 0.6) is 0 Å². The van der Waals surface area contributed by atoms with Gasteiger partial charge in [-0.05, 0) is 45.8 Å². The van der Waals surface area contributed by atoms with Crippen LogP contribution >= 0.6 is 45.3 Å². The fourth-order valence-corrected chi connectivity index (χ4v) is 9.04. The molecular formula is C26H28N4S4.